The van der Waals surface area contributed by atoms with Crippen LogP contribution in [-0.4, -0.2) is 23.9 Å². The van der Waals surface area contributed by atoms with Crippen LogP contribution in [0.15, 0.2) is 166 Å². The number of carbonyl (C=O) groups excluding carboxylic acids is 1. The van der Waals surface area contributed by atoms with Gasteiger partial charge in [-0.3, -0.25) is 10.6 Å². The molecule has 2 heterocycles. The van der Waals surface area contributed by atoms with Gasteiger partial charge >= 0.3 is 0 Å². The number of Topliss-reactive ketones (excluding diaryl/α,β-unsaturated/α-hetero) is 1. The number of carbonyl (C=O) groups is 1. The molecule has 0 aromatic heterocycles. The second-order valence-corrected chi connectivity index (χ2v) is 11.5. The van der Waals surface area contributed by atoms with Crippen molar-refractivity contribution in [2.24, 2.45) is 27.5 Å². The third kappa shape index (κ3) is 9.03. The number of nitrogens with one attached hydrogen (secondary N) is 4. The Labute approximate surface area is 291 Å². The summed E-state index contributed by atoms with van der Waals surface area (Å²) in [6.45, 7) is 32.6. The summed E-state index contributed by atoms with van der Waals surface area (Å²) in [7, 11) is 0. The van der Waals surface area contributed by atoms with Gasteiger partial charge in [0.2, 0.25) is 0 Å². The lowest BCUT2D eigenvalue weighted by molar-refractivity contribution is 0.101. The smallest absolute Gasteiger partial charge is 0.159 e. The molecule has 2 atom stereocenters. The first-order valence-corrected chi connectivity index (χ1v) is 16.3. The molecule has 0 fully saturated rings. The van der Waals surface area contributed by atoms with E-state index >= 15 is 0 Å². The second kappa shape index (κ2) is 16.9. The number of amidine groups is 1. The molecule has 1 aliphatic carbocycles. The number of nitrogens with two attached hydrogens (primary N) is 2. The molecule has 4 rings (SSSR count). The van der Waals surface area contributed by atoms with Crippen molar-refractivity contribution in [3.05, 3.63) is 167 Å². The van der Waals surface area contributed by atoms with Crippen LogP contribution in [0.2, 0.25) is 0 Å². The molecule has 0 bridgehead atoms. The highest BCUT2D eigenvalue weighted by atomic mass is 16.1. The number of nitrogens with zero attached hydrogens (tertiary/aromatic N) is 2. The molecular weight excluding hydrogens is 608 g/mol. The summed E-state index contributed by atoms with van der Waals surface area (Å²) in [4.78, 5) is 21.3. The van der Waals surface area contributed by atoms with Gasteiger partial charge in [0.25, 0.3) is 0 Å². The minimum Gasteiger partial charge on any atom is -0.397 e. The zero-order chi connectivity index (χ0) is 36.4. The van der Waals surface area contributed by atoms with Crippen molar-refractivity contribution >= 4 is 17.3 Å². The zero-order valence-electron chi connectivity index (χ0n) is 29.6. The summed E-state index contributed by atoms with van der Waals surface area (Å²) in [5.41, 5.74) is 19.4. The van der Waals surface area contributed by atoms with Crippen molar-refractivity contribution in [3.63, 3.8) is 0 Å². The van der Waals surface area contributed by atoms with Gasteiger partial charge in [0.05, 0.1) is 40.1 Å². The molecule has 256 valence electrons. The molecule has 0 spiro atoms. The number of fused-ring (bicyclic) bond motifs is 1. The van der Waals surface area contributed by atoms with Gasteiger partial charge in [-0.05, 0) is 62.1 Å². The highest BCUT2D eigenvalue weighted by Crippen LogP contribution is 2.34. The lowest BCUT2D eigenvalue weighted by Crippen LogP contribution is -2.29. The summed E-state index contributed by atoms with van der Waals surface area (Å²) in [6.07, 6.45) is 11.9. The van der Waals surface area contributed by atoms with Gasteiger partial charge in [-0.15, -0.1) is 0 Å². The fourth-order valence-electron chi connectivity index (χ4n) is 5.04. The first kappa shape index (κ1) is 37.8. The van der Waals surface area contributed by atoms with E-state index < -0.39 is 0 Å². The average Bonchev–Trinajstić information content (AvgIpc) is 3.55. The summed E-state index contributed by atoms with van der Waals surface area (Å²) in [6, 6.07) is 7.50. The van der Waals surface area contributed by atoms with E-state index in [4.69, 9.17) is 21.6 Å². The molecule has 1 aromatic carbocycles. The Morgan fingerprint density at radius 2 is 1.67 bits per heavy atom. The molecule has 2 aliphatic heterocycles. The fraction of sp³-hybridized carbons (Fsp3) is 0.225. The minimum absolute atomic E-state index is 0.0305. The van der Waals surface area contributed by atoms with Crippen LogP contribution in [0.3, 0.4) is 0 Å². The lowest BCUT2D eigenvalue weighted by Gasteiger charge is -2.26. The highest BCUT2D eigenvalue weighted by Gasteiger charge is 2.31. The molecule has 49 heavy (non-hydrogen) atoms. The van der Waals surface area contributed by atoms with E-state index in [1.807, 2.05) is 95.5 Å². The molecule has 0 saturated heterocycles. The van der Waals surface area contributed by atoms with Gasteiger partial charge < -0.3 is 27.1 Å². The predicted molar refractivity (Wildman–Crippen MR) is 206 cm³/mol. The van der Waals surface area contributed by atoms with Crippen LogP contribution < -0.4 is 33.0 Å². The van der Waals surface area contributed by atoms with E-state index in [1.165, 1.54) is 0 Å². The van der Waals surface area contributed by atoms with E-state index in [0.717, 1.165) is 44.8 Å². The van der Waals surface area contributed by atoms with Crippen LogP contribution in [0.5, 0.6) is 0 Å². The van der Waals surface area contributed by atoms with E-state index in [1.54, 1.807) is 6.92 Å². The van der Waals surface area contributed by atoms with Crippen LogP contribution in [0.4, 0.5) is 0 Å². The summed E-state index contributed by atoms with van der Waals surface area (Å²) in [5, 5.41) is 10.1. The Kier molecular flexibility index (Phi) is 13.1. The maximum atomic E-state index is 11.7. The Hall–Kier alpha value is -5.67. The largest absolute Gasteiger partial charge is 0.397 e. The van der Waals surface area contributed by atoms with Crippen molar-refractivity contribution < 1.29 is 4.79 Å². The standard InChI is InChI=1S/C38H44N8O.C2H6/c1-10-29(12-11-21(2)19-42-37-23(4)22(3)36(37)39)20-41-26(7)34-17-32(33-18-35(27(8)46-40)45-38(33)44-34)25(6)43-24(5)30-13-15-31(16-14-30)28(9)47;1-2/h10-19,24,33,41-43,46H,3-4,6-8,20,39-40H2,1-2,5,9H3;1-2H3/b12-11-,21-19+,29-10+;/t24-,33?;/m1./s1. The number of dihydropyridines is 1. The fourth-order valence-corrected chi connectivity index (χ4v) is 5.04. The van der Waals surface area contributed by atoms with Crippen molar-refractivity contribution in [3.8, 4) is 0 Å². The summed E-state index contributed by atoms with van der Waals surface area (Å²) >= 11 is 0. The molecule has 0 amide bonds. The zero-order valence-corrected chi connectivity index (χ0v) is 29.6. The van der Waals surface area contributed by atoms with Gasteiger partial charge in [-0.25, -0.2) is 9.98 Å². The number of rotatable bonds is 15. The van der Waals surface area contributed by atoms with E-state index in [2.05, 4.69) is 54.3 Å². The van der Waals surface area contributed by atoms with Crippen molar-refractivity contribution in [1.29, 1.82) is 0 Å². The van der Waals surface area contributed by atoms with Gasteiger partial charge in [0.1, 0.15) is 5.84 Å². The van der Waals surface area contributed by atoms with Crippen LogP contribution in [0, 0.1) is 5.92 Å². The van der Waals surface area contributed by atoms with Gasteiger partial charge in [-0.2, -0.15) is 0 Å². The maximum Gasteiger partial charge on any atom is 0.159 e. The number of hydrazine groups is 1. The molecule has 1 unspecified atom stereocenters. The van der Waals surface area contributed by atoms with Gasteiger partial charge in [-0.1, -0.05) is 89.2 Å². The Bertz CT molecular complexity index is 1810. The van der Waals surface area contributed by atoms with Gasteiger partial charge in [0.15, 0.2) is 5.78 Å². The number of aliphatic imine (C=N–C) groups is 2. The molecule has 9 heteroatoms. The number of hydrogen-bond acceptors (Lipinski definition) is 9. The summed E-state index contributed by atoms with van der Waals surface area (Å²) < 4.78 is 0. The van der Waals surface area contributed by atoms with Crippen molar-refractivity contribution in [2.45, 2.75) is 47.6 Å². The molecule has 9 nitrogen and oxygen atoms in total. The third-order valence-electron chi connectivity index (χ3n) is 8.19. The lowest BCUT2D eigenvalue weighted by atomic mass is 9.90. The van der Waals surface area contributed by atoms with Gasteiger partial charge in [0, 0.05) is 41.2 Å². The van der Waals surface area contributed by atoms with E-state index in [0.29, 0.717) is 46.4 Å². The Balaban J connectivity index is 0.00000319. The predicted octanol–water partition coefficient (Wildman–Crippen LogP) is 6.75. The Morgan fingerprint density at radius 3 is 2.27 bits per heavy atom. The van der Waals surface area contributed by atoms with Crippen LogP contribution in [0.1, 0.15) is 63.5 Å². The number of allylic oxidation sites excluding steroid dienone is 7. The van der Waals surface area contributed by atoms with Crippen LogP contribution >= 0.6 is 0 Å². The topological polar surface area (TPSA) is 142 Å². The molecule has 1 aromatic rings. The number of hydrogen-bond donors (Lipinski definition) is 6. The Morgan fingerprint density at radius 1 is 1.00 bits per heavy atom. The molecule has 8 N–H and O–H groups in total. The molecular formula is C40H50N8O. The van der Waals surface area contributed by atoms with Crippen molar-refractivity contribution in [2.75, 3.05) is 6.54 Å². The second-order valence-electron chi connectivity index (χ2n) is 11.5. The third-order valence-corrected chi connectivity index (χ3v) is 8.19. The van der Waals surface area contributed by atoms with E-state index in [-0.39, 0.29) is 17.7 Å². The van der Waals surface area contributed by atoms with Crippen LogP contribution in [0.25, 0.3) is 0 Å². The average molecular weight is 659 g/mol. The van der Waals surface area contributed by atoms with Crippen LogP contribution in [-0.2, 0) is 0 Å². The number of ketones is 1. The molecule has 0 saturated carbocycles. The first-order valence-electron chi connectivity index (χ1n) is 16.3. The SMILES string of the molecule is C=C(NN)C1=CC2C(C(=C)N[C@H](C)c3ccc(C(C)=O)cc3)=CC(C(=C)NCC(/C=C\C(C)=C\NC3=C(N)C(=C)C3=C)=C/C)=NC2=N1.CC. The molecule has 0 radical (unpaired) electrons. The maximum absolute atomic E-state index is 11.7. The van der Waals surface area contributed by atoms with E-state index in [9.17, 15) is 4.79 Å². The first-order chi connectivity index (χ1) is 23.3. The summed E-state index contributed by atoms with van der Waals surface area (Å²) in [5.74, 6) is 6.02. The quantitative estimate of drug-likeness (QED) is 0.0530. The molecule has 3 aliphatic rings. The normalized spacial score (nSPS) is 17.7. The number of benzene rings is 1. The highest BCUT2D eigenvalue weighted by molar-refractivity contribution is 6.18. The van der Waals surface area contributed by atoms with Crippen molar-refractivity contribution in [1.82, 2.24) is 21.4 Å². The minimum atomic E-state index is -0.238. The monoisotopic (exact) mass is 658 g/mol.